The standard InChI is InChI=1S/C18H21F2N3O/c1-3-21-18(22-11-13-6-4-5-7-17(13)24-2)23-12-14-10-15(19)8-9-16(14)20/h4-10H,3,11-12H2,1-2H3,(H2,21,22,23). The zero-order valence-electron chi connectivity index (χ0n) is 13.8. The maximum absolute atomic E-state index is 13.7. The van der Waals surface area contributed by atoms with E-state index in [1.54, 1.807) is 7.11 Å². The lowest BCUT2D eigenvalue weighted by Crippen LogP contribution is -2.36. The highest BCUT2D eigenvalue weighted by molar-refractivity contribution is 5.79. The molecule has 24 heavy (non-hydrogen) atoms. The van der Waals surface area contributed by atoms with Crippen LogP contribution in [0.5, 0.6) is 5.75 Å². The van der Waals surface area contributed by atoms with Gasteiger partial charge < -0.3 is 15.4 Å². The van der Waals surface area contributed by atoms with Crippen LogP contribution in [0.3, 0.4) is 0 Å². The van der Waals surface area contributed by atoms with Crippen molar-refractivity contribution in [3.63, 3.8) is 0 Å². The third-order valence-corrected chi connectivity index (χ3v) is 3.40. The molecule has 2 aromatic carbocycles. The summed E-state index contributed by atoms with van der Waals surface area (Å²) in [5.74, 6) is 0.346. The number of rotatable bonds is 6. The van der Waals surface area contributed by atoms with Crippen molar-refractivity contribution >= 4 is 5.96 Å². The first-order valence-electron chi connectivity index (χ1n) is 7.72. The monoisotopic (exact) mass is 333 g/mol. The molecule has 0 radical (unpaired) electrons. The van der Waals surface area contributed by atoms with Crippen LogP contribution in [0.25, 0.3) is 0 Å². The molecule has 0 unspecified atom stereocenters. The fourth-order valence-corrected chi connectivity index (χ4v) is 2.20. The Morgan fingerprint density at radius 1 is 1.08 bits per heavy atom. The Morgan fingerprint density at radius 2 is 1.88 bits per heavy atom. The Balaban J connectivity index is 2.07. The number of nitrogens with one attached hydrogen (secondary N) is 2. The molecule has 0 saturated carbocycles. The molecule has 0 heterocycles. The summed E-state index contributed by atoms with van der Waals surface area (Å²) >= 11 is 0. The molecule has 128 valence electrons. The highest BCUT2D eigenvalue weighted by Crippen LogP contribution is 2.16. The van der Waals surface area contributed by atoms with Crippen LogP contribution in [0, 0.1) is 11.6 Å². The topological polar surface area (TPSA) is 45.7 Å². The molecule has 0 aromatic heterocycles. The zero-order valence-corrected chi connectivity index (χ0v) is 13.8. The quantitative estimate of drug-likeness (QED) is 0.630. The van der Waals surface area contributed by atoms with E-state index in [-0.39, 0.29) is 12.1 Å². The number of para-hydroxylation sites is 1. The van der Waals surface area contributed by atoms with E-state index in [9.17, 15) is 8.78 Å². The number of methoxy groups -OCH3 is 1. The largest absolute Gasteiger partial charge is 0.496 e. The maximum atomic E-state index is 13.7. The fraction of sp³-hybridized carbons (Fsp3) is 0.278. The van der Waals surface area contributed by atoms with Crippen molar-refractivity contribution in [2.45, 2.75) is 20.0 Å². The number of hydrogen-bond acceptors (Lipinski definition) is 2. The normalized spacial score (nSPS) is 11.2. The average molecular weight is 333 g/mol. The van der Waals surface area contributed by atoms with Crippen molar-refractivity contribution in [1.82, 2.24) is 10.6 Å². The number of guanidine groups is 1. The van der Waals surface area contributed by atoms with Gasteiger partial charge in [-0.1, -0.05) is 18.2 Å². The van der Waals surface area contributed by atoms with Crippen molar-refractivity contribution in [3.8, 4) is 5.75 Å². The molecule has 0 atom stereocenters. The van der Waals surface area contributed by atoms with E-state index in [4.69, 9.17) is 4.74 Å². The van der Waals surface area contributed by atoms with Crippen molar-refractivity contribution < 1.29 is 13.5 Å². The Bertz CT molecular complexity index is 704. The lowest BCUT2D eigenvalue weighted by Gasteiger charge is -2.13. The number of benzene rings is 2. The second-order valence-corrected chi connectivity index (χ2v) is 5.10. The minimum Gasteiger partial charge on any atom is -0.496 e. The lowest BCUT2D eigenvalue weighted by atomic mass is 10.2. The van der Waals surface area contributed by atoms with Gasteiger partial charge in [-0.3, -0.25) is 0 Å². The van der Waals surface area contributed by atoms with E-state index in [1.807, 2.05) is 31.2 Å². The van der Waals surface area contributed by atoms with Gasteiger partial charge in [0.25, 0.3) is 0 Å². The van der Waals surface area contributed by atoms with Gasteiger partial charge >= 0.3 is 0 Å². The predicted molar refractivity (Wildman–Crippen MR) is 91.0 cm³/mol. The number of halogens is 2. The van der Waals surface area contributed by atoms with Crippen LogP contribution >= 0.6 is 0 Å². The van der Waals surface area contributed by atoms with Gasteiger partial charge in [-0.15, -0.1) is 0 Å². The van der Waals surface area contributed by atoms with Crippen LogP contribution in [0.15, 0.2) is 47.5 Å². The highest BCUT2D eigenvalue weighted by Gasteiger charge is 2.06. The van der Waals surface area contributed by atoms with Crippen molar-refractivity contribution in [1.29, 1.82) is 0 Å². The molecular weight excluding hydrogens is 312 g/mol. The molecule has 0 aliphatic carbocycles. The molecule has 0 aliphatic rings. The summed E-state index contributed by atoms with van der Waals surface area (Å²) in [7, 11) is 1.62. The van der Waals surface area contributed by atoms with Gasteiger partial charge in [0.05, 0.1) is 13.7 Å². The molecule has 4 nitrogen and oxygen atoms in total. The van der Waals surface area contributed by atoms with Gasteiger partial charge in [0.2, 0.25) is 0 Å². The number of ether oxygens (including phenoxy) is 1. The number of nitrogens with zero attached hydrogens (tertiary/aromatic N) is 1. The van der Waals surface area contributed by atoms with Crippen LogP contribution in [0.2, 0.25) is 0 Å². The first-order chi connectivity index (χ1) is 11.6. The Morgan fingerprint density at radius 3 is 2.62 bits per heavy atom. The van der Waals surface area contributed by atoms with Gasteiger partial charge in [0.1, 0.15) is 17.4 Å². The molecule has 0 aliphatic heterocycles. The molecule has 0 saturated heterocycles. The molecule has 2 aromatic rings. The SMILES string of the molecule is CCNC(=NCc1cc(F)ccc1F)NCc1ccccc1OC. The average Bonchev–Trinajstić information content (AvgIpc) is 2.60. The van der Waals surface area contributed by atoms with Crippen LogP contribution in [0.4, 0.5) is 8.78 Å². The third-order valence-electron chi connectivity index (χ3n) is 3.40. The number of aliphatic imine (C=N–C) groups is 1. The van der Waals surface area contributed by atoms with E-state index in [2.05, 4.69) is 15.6 Å². The Kier molecular flexibility index (Phi) is 6.54. The third kappa shape index (κ3) is 4.94. The van der Waals surface area contributed by atoms with E-state index in [1.165, 1.54) is 0 Å². The van der Waals surface area contributed by atoms with Gasteiger partial charge in [-0.25, -0.2) is 13.8 Å². The molecule has 0 amide bonds. The minimum atomic E-state index is -0.478. The zero-order chi connectivity index (χ0) is 17.4. The van der Waals surface area contributed by atoms with Gasteiger partial charge in [-0.2, -0.15) is 0 Å². The molecular formula is C18H21F2N3O. The predicted octanol–water partition coefficient (Wildman–Crippen LogP) is 3.23. The highest BCUT2D eigenvalue weighted by atomic mass is 19.1. The number of hydrogen-bond donors (Lipinski definition) is 2. The maximum Gasteiger partial charge on any atom is 0.191 e. The second-order valence-electron chi connectivity index (χ2n) is 5.10. The lowest BCUT2D eigenvalue weighted by molar-refractivity contribution is 0.409. The van der Waals surface area contributed by atoms with Crippen LogP contribution < -0.4 is 15.4 Å². The van der Waals surface area contributed by atoms with E-state index >= 15 is 0 Å². The minimum absolute atomic E-state index is 0.0465. The molecule has 6 heteroatoms. The van der Waals surface area contributed by atoms with Crippen molar-refractivity contribution in [2.24, 2.45) is 4.99 Å². The van der Waals surface area contributed by atoms with Gasteiger partial charge in [0, 0.05) is 24.2 Å². The van der Waals surface area contributed by atoms with E-state index in [0.717, 1.165) is 29.5 Å². The first-order valence-corrected chi connectivity index (χ1v) is 7.72. The summed E-state index contributed by atoms with van der Waals surface area (Å²) in [6.45, 7) is 3.14. The summed E-state index contributed by atoms with van der Waals surface area (Å²) in [6.07, 6.45) is 0. The molecule has 2 N–H and O–H groups in total. The summed E-state index contributed by atoms with van der Waals surface area (Å²) in [5.41, 5.74) is 1.19. The second kappa shape index (κ2) is 8.86. The summed E-state index contributed by atoms with van der Waals surface area (Å²) in [5, 5.41) is 6.24. The first kappa shape index (κ1) is 17.7. The van der Waals surface area contributed by atoms with Crippen LogP contribution in [0.1, 0.15) is 18.1 Å². The molecule has 0 spiro atoms. The van der Waals surface area contributed by atoms with E-state index < -0.39 is 11.6 Å². The molecule has 0 fully saturated rings. The van der Waals surface area contributed by atoms with Crippen molar-refractivity contribution in [3.05, 3.63) is 65.2 Å². The smallest absolute Gasteiger partial charge is 0.191 e. The van der Waals surface area contributed by atoms with Gasteiger partial charge in [0.15, 0.2) is 5.96 Å². The Hall–Kier alpha value is -2.63. The van der Waals surface area contributed by atoms with Crippen LogP contribution in [-0.4, -0.2) is 19.6 Å². The van der Waals surface area contributed by atoms with Crippen molar-refractivity contribution in [2.75, 3.05) is 13.7 Å². The summed E-state index contributed by atoms with van der Waals surface area (Å²) in [6, 6.07) is 11.0. The Labute approximate surface area is 140 Å². The molecule has 2 rings (SSSR count). The summed E-state index contributed by atoms with van der Waals surface area (Å²) < 4.78 is 32.2. The fourth-order valence-electron chi connectivity index (χ4n) is 2.20. The van der Waals surface area contributed by atoms with E-state index in [0.29, 0.717) is 19.0 Å². The van der Waals surface area contributed by atoms with Crippen LogP contribution in [-0.2, 0) is 13.1 Å². The summed E-state index contributed by atoms with van der Waals surface area (Å²) in [4.78, 5) is 4.30. The molecule has 0 bridgehead atoms. The van der Waals surface area contributed by atoms with Gasteiger partial charge in [-0.05, 0) is 31.2 Å².